The summed E-state index contributed by atoms with van der Waals surface area (Å²) in [7, 11) is 0. The van der Waals surface area contributed by atoms with Gasteiger partial charge in [-0.05, 0) is 98.1 Å². The molecule has 0 saturated carbocycles. The van der Waals surface area contributed by atoms with Crippen molar-refractivity contribution in [2.45, 2.75) is 65.0 Å². The zero-order chi connectivity index (χ0) is 38.8. The molecular formula is C43H55FN6O5. The fraction of sp³-hybridized carbons (Fsp3) is 0.512. The van der Waals surface area contributed by atoms with E-state index in [4.69, 9.17) is 14.7 Å². The minimum Gasteiger partial charge on any atom is -0.379 e. The van der Waals surface area contributed by atoms with Gasteiger partial charge in [0.2, 0.25) is 5.91 Å². The van der Waals surface area contributed by atoms with Crippen LogP contribution >= 0.6 is 0 Å². The second-order valence-electron chi connectivity index (χ2n) is 14.5. The van der Waals surface area contributed by atoms with E-state index in [0.29, 0.717) is 102 Å². The van der Waals surface area contributed by atoms with Crippen LogP contribution in [0.2, 0.25) is 0 Å². The lowest BCUT2D eigenvalue weighted by atomic mass is 9.89. The van der Waals surface area contributed by atoms with Crippen molar-refractivity contribution in [2.75, 3.05) is 72.2 Å². The fourth-order valence-corrected chi connectivity index (χ4v) is 7.09. The van der Waals surface area contributed by atoms with Crippen LogP contribution in [-0.2, 0) is 33.8 Å². The number of ether oxygens (including phenoxy) is 2. The number of piperazine rings is 1. The van der Waals surface area contributed by atoms with Gasteiger partial charge in [-0.1, -0.05) is 31.2 Å². The molecule has 0 unspecified atom stereocenters. The molecule has 0 spiro atoms. The molecule has 3 heterocycles. The summed E-state index contributed by atoms with van der Waals surface area (Å²) in [4.78, 5) is 51.0. The minimum absolute atomic E-state index is 0.0157. The molecule has 1 aromatic heterocycles. The number of hydrogen-bond acceptors (Lipinski definition) is 9. The summed E-state index contributed by atoms with van der Waals surface area (Å²) in [6, 6.07) is 18.2. The molecule has 2 aliphatic rings. The molecule has 0 atom stereocenters. The smallest absolute Gasteiger partial charge is 0.255 e. The van der Waals surface area contributed by atoms with E-state index in [1.54, 1.807) is 18.3 Å². The van der Waals surface area contributed by atoms with Crippen LogP contribution in [0, 0.1) is 23.1 Å². The standard InChI is InChI=1S/C43H55FN6O5/c1-2-23-54-25-26-55-24-15-41(52)46-16-3-4-37-28-38(43(53)50-21-19-49(20-22-50)32-36-9-11-39(44)12-10-36)30-47-42(37)40(51)27-33-13-17-48(18-14-33)31-35-7-5-34(29-45)6-8-35/h5-12,28,30,33H,2-4,13-27,31-32H2,1H3,(H,46,52). The molecule has 11 nitrogen and oxygen atoms in total. The first-order valence-corrected chi connectivity index (χ1v) is 19.7. The number of nitriles is 1. The fourth-order valence-electron chi connectivity index (χ4n) is 7.09. The van der Waals surface area contributed by atoms with Crippen molar-refractivity contribution in [1.82, 2.24) is 25.0 Å². The number of pyridine rings is 1. The lowest BCUT2D eigenvalue weighted by molar-refractivity contribution is -0.122. The number of amides is 2. The molecule has 294 valence electrons. The number of halogens is 1. The zero-order valence-corrected chi connectivity index (χ0v) is 32.1. The normalized spacial score (nSPS) is 15.5. The van der Waals surface area contributed by atoms with Gasteiger partial charge in [-0.25, -0.2) is 4.39 Å². The molecule has 12 heteroatoms. The van der Waals surface area contributed by atoms with E-state index in [1.165, 1.54) is 17.7 Å². The van der Waals surface area contributed by atoms with Crippen LogP contribution in [0.15, 0.2) is 60.8 Å². The molecule has 0 radical (unpaired) electrons. The molecule has 55 heavy (non-hydrogen) atoms. The van der Waals surface area contributed by atoms with Crippen LogP contribution < -0.4 is 5.32 Å². The van der Waals surface area contributed by atoms with Crippen LogP contribution in [0.4, 0.5) is 4.39 Å². The molecule has 2 saturated heterocycles. The first kappa shape index (κ1) is 41.6. The number of aromatic nitrogens is 1. The van der Waals surface area contributed by atoms with Crippen molar-refractivity contribution in [3.8, 4) is 6.07 Å². The van der Waals surface area contributed by atoms with Crippen molar-refractivity contribution >= 4 is 17.6 Å². The van der Waals surface area contributed by atoms with Crippen molar-refractivity contribution in [3.63, 3.8) is 0 Å². The summed E-state index contributed by atoms with van der Waals surface area (Å²) >= 11 is 0. The van der Waals surface area contributed by atoms with Crippen LogP contribution in [0.25, 0.3) is 0 Å². The highest BCUT2D eigenvalue weighted by Gasteiger charge is 2.27. The van der Waals surface area contributed by atoms with Gasteiger partial charge >= 0.3 is 0 Å². The highest BCUT2D eigenvalue weighted by molar-refractivity contribution is 5.98. The van der Waals surface area contributed by atoms with Crippen molar-refractivity contribution in [2.24, 2.45) is 5.92 Å². The highest BCUT2D eigenvalue weighted by Crippen LogP contribution is 2.25. The summed E-state index contributed by atoms with van der Waals surface area (Å²) in [5.74, 6) is -0.244. The summed E-state index contributed by atoms with van der Waals surface area (Å²) in [6.07, 6.45) is 6.04. The molecule has 5 rings (SSSR count). The molecule has 1 N–H and O–H groups in total. The van der Waals surface area contributed by atoms with E-state index in [-0.39, 0.29) is 35.8 Å². The number of piperidine rings is 1. The van der Waals surface area contributed by atoms with Crippen molar-refractivity contribution in [3.05, 3.63) is 100 Å². The van der Waals surface area contributed by atoms with Crippen LogP contribution in [0.3, 0.4) is 0 Å². The quantitative estimate of drug-likeness (QED) is 0.119. The molecule has 0 bridgehead atoms. The topological polar surface area (TPSA) is 128 Å². The molecule has 2 fully saturated rings. The Balaban J connectivity index is 1.15. The average Bonchev–Trinajstić information content (AvgIpc) is 3.21. The highest BCUT2D eigenvalue weighted by atomic mass is 19.1. The predicted molar refractivity (Wildman–Crippen MR) is 208 cm³/mol. The van der Waals surface area contributed by atoms with E-state index in [0.717, 1.165) is 50.0 Å². The Hall–Kier alpha value is -4.54. The second kappa shape index (κ2) is 22.1. The first-order valence-electron chi connectivity index (χ1n) is 19.7. The number of Topliss-reactive ketones (excluding diaryl/α,β-unsaturated/α-hetero) is 1. The van der Waals surface area contributed by atoms with Crippen LogP contribution in [0.5, 0.6) is 0 Å². The molecular weight excluding hydrogens is 700 g/mol. The predicted octanol–water partition coefficient (Wildman–Crippen LogP) is 5.42. The largest absolute Gasteiger partial charge is 0.379 e. The maximum absolute atomic E-state index is 13.8. The number of ketones is 1. The number of carbonyl (C=O) groups is 3. The average molecular weight is 755 g/mol. The van der Waals surface area contributed by atoms with Gasteiger partial charge < -0.3 is 19.7 Å². The van der Waals surface area contributed by atoms with E-state index < -0.39 is 0 Å². The number of aryl methyl sites for hydroxylation is 1. The number of nitrogens with zero attached hydrogens (tertiary/aromatic N) is 5. The van der Waals surface area contributed by atoms with E-state index in [1.807, 2.05) is 42.2 Å². The Morgan fingerprint density at radius 3 is 2.16 bits per heavy atom. The summed E-state index contributed by atoms with van der Waals surface area (Å²) in [5.41, 5.74) is 4.44. The second-order valence-corrected chi connectivity index (χ2v) is 14.5. The lowest BCUT2D eigenvalue weighted by Gasteiger charge is -2.34. The number of nitrogens with one attached hydrogen (secondary N) is 1. The molecule has 2 aromatic carbocycles. The van der Waals surface area contributed by atoms with Crippen molar-refractivity contribution in [1.29, 1.82) is 5.26 Å². The van der Waals surface area contributed by atoms with Gasteiger partial charge in [-0.15, -0.1) is 0 Å². The monoisotopic (exact) mass is 754 g/mol. The maximum atomic E-state index is 13.8. The van der Waals surface area contributed by atoms with Gasteiger partial charge in [0.15, 0.2) is 5.78 Å². The van der Waals surface area contributed by atoms with Gasteiger partial charge in [-0.3, -0.25) is 29.2 Å². The first-order chi connectivity index (χ1) is 26.8. The van der Waals surface area contributed by atoms with E-state index in [2.05, 4.69) is 26.2 Å². The third-order valence-corrected chi connectivity index (χ3v) is 10.3. The Bertz CT molecular complexity index is 1710. The number of carbonyl (C=O) groups excluding carboxylic acids is 3. The van der Waals surface area contributed by atoms with Crippen LogP contribution in [-0.4, -0.2) is 110 Å². The lowest BCUT2D eigenvalue weighted by Crippen LogP contribution is -2.48. The molecule has 0 aliphatic carbocycles. The Labute approximate surface area is 324 Å². The van der Waals surface area contributed by atoms with Gasteiger partial charge in [0, 0.05) is 71.5 Å². The Kier molecular flexibility index (Phi) is 16.7. The molecule has 3 aromatic rings. The maximum Gasteiger partial charge on any atom is 0.255 e. The van der Waals surface area contributed by atoms with Gasteiger partial charge in [0.1, 0.15) is 11.5 Å². The third kappa shape index (κ3) is 13.6. The number of benzene rings is 2. The molecule has 2 amide bonds. The third-order valence-electron chi connectivity index (χ3n) is 10.3. The van der Waals surface area contributed by atoms with Crippen molar-refractivity contribution < 1.29 is 28.2 Å². The Morgan fingerprint density at radius 1 is 0.873 bits per heavy atom. The minimum atomic E-state index is -0.257. The van der Waals surface area contributed by atoms with E-state index >= 15 is 0 Å². The summed E-state index contributed by atoms with van der Waals surface area (Å²) in [5, 5.41) is 12.0. The number of likely N-dealkylation sites (tertiary alicyclic amines) is 1. The number of rotatable bonds is 20. The summed E-state index contributed by atoms with van der Waals surface area (Å²) in [6.45, 7) is 10.3. The van der Waals surface area contributed by atoms with Gasteiger partial charge in [0.05, 0.1) is 37.0 Å². The Morgan fingerprint density at radius 2 is 1.51 bits per heavy atom. The zero-order valence-electron chi connectivity index (χ0n) is 32.1. The van der Waals surface area contributed by atoms with Gasteiger partial charge in [0.25, 0.3) is 5.91 Å². The van der Waals surface area contributed by atoms with Gasteiger partial charge in [-0.2, -0.15) is 5.26 Å². The molecule has 2 aliphatic heterocycles. The number of hydrogen-bond donors (Lipinski definition) is 1. The van der Waals surface area contributed by atoms with E-state index in [9.17, 15) is 18.8 Å². The summed E-state index contributed by atoms with van der Waals surface area (Å²) < 4.78 is 24.2. The SMILES string of the molecule is CCCOCCOCCC(=O)NCCCc1cc(C(=O)N2CCN(Cc3ccc(F)cc3)CC2)cnc1C(=O)CC1CCN(Cc2ccc(C#N)cc2)CC1. The van der Waals surface area contributed by atoms with Crippen LogP contribution in [0.1, 0.15) is 88.5 Å².